The van der Waals surface area contributed by atoms with E-state index in [1.54, 1.807) is 13.2 Å². The first-order valence-electron chi connectivity index (χ1n) is 5.80. The highest BCUT2D eigenvalue weighted by Gasteiger charge is 2.26. The van der Waals surface area contributed by atoms with E-state index in [2.05, 4.69) is 0 Å². The molecule has 0 bridgehead atoms. The molecule has 0 N–H and O–H groups in total. The van der Waals surface area contributed by atoms with Crippen molar-refractivity contribution < 1.29 is 4.74 Å². The largest absolute Gasteiger partial charge is 0.495 e. The Balaban J connectivity index is 2.28. The third-order valence-electron chi connectivity index (χ3n) is 3.38. The summed E-state index contributed by atoms with van der Waals surface area (Å²) < 4.78 is 5.13. The summed E-state index contributed by atoms with van der Waals surface area (Å²) >= 11 is 18.8. The third-order valence-corrected chi connectivity index (χ3v) is 4.60. The molecule has 1 nitrogen and oxygen atoms in total. The maximum Gasteiger partial charge on any atom is 0.138 e. The van der Waals surface area contributed by atoms with Crippen LogP contribution in [0.5, 0.6) is 5.75 Å². The van der Waals surface area contributed by atoms with Gasteiger partial charge in [0.05, 0.1) is 17.5 Å². The lowest BCUT2D eigenvalue weighted by Crippen LogP contribution is -2.04. The molecule has 0 heterocycles. The van der Waals surface area contributed by atoms with Gasteiger partial charge in [-0.15, -0.1) is 11.6 Å². The van der Waals surface area contributed by atoms with Gasteiger partial charge in [-0.2, -0.15) is 0 Å². The van der Waals surface area contributed by atoms with Crippen LogP contribution in [-0.4, -0.2) is 7.11 Å². The van der Waals surface area contributed by atoms with Gasteiger partial charge < -0.3 is 4.74 Å². The van der Waals surface area contributed by atoms with Crippen LogP contribution in [0.1, 0.15) is 36.6 Å². The van der Waals surface area contributed by atoms with Crippen molar-refractivity contribution >= 4 is 34.8 Å². The zero-order chi connectivity index (χ0) is 12.4. The molecule has 0 amide bonds. The Kier molecular flexibility index (Phi) is 4.46. The minimum absolute atomic E-state index is 0.0478. The molecule has 1 atom stereocenters. The van der Waals surface area contributed by atoms with E-state index in [9.17, 15) is 0 Å². The summed E-state index contributed by atoms with van der Waals surface area (Å²) in [6, 6.07) is 3.57. The summed E-state index contributed by atoms with van der Waals surface area (Å²) in [5.74, 6) is 1.11. The standard InChI is InChI=1S/C13H15Cl3O/c1-17-12-7-10(14)9(6-11(12)15)13(16)8-4-2-3-5-8/h6-8,13H,2-5H2,1H3. The first-order chi connectivity index (χ1) is 8.13. The van der Waals surface area contributed by atoms with Crippen molar-refractivity contribution in [1.82, 2.24) is 0 Å². The van der Waals surface area contributed by atoms with E-state index in [0.29, 0.717) is 21.7 Å². The second-order valence-corrected chi connectivity index (χ2v) is 5.74. The van der Waals surface area contributed by atoms with Crippen molar-refractivity contribution in [3.63, 3.8) is 0 Å². The topological polar surface area (TPSA) is 9.23 Å². The predicted molar refractivity (Wildman–Crippen MR) is 73.6 cm³/mol. The van der Waals surface area contributed by atoms with Crippen molar-refractivity contribution in [2.24, 2.45) is 5.92 Å². The van der Waals surface area contributed by atoms with Gasteiger partial charge in [0.1, 0.15) is 5.75 Å². The van der Waals surface area contributed by atoms with Gasteiger partial charge in [-0.05, 0) is 30.4 Å². The van der Waals surface area contributed by atoms with Crippen LogP contribution < -0.4 is 4.74 Å². The summed E-state index contributed by atoms with van der Waals surface area (Å²) in [4.78, 5) is 0. The molecule has 1 unspecified atom stereocenters. The molecule has 1 fully saturated rings. The fraction of sp³-hybridized carbons (Fsp3) is 0.538. The van der Waals surface area contributed by atoms with E-state index >= 15 is 0 Å². The average molecular weight is 294 g/mol. The molecule has 1 aromatic rings. The number of hydrogen-bond donors (Lipinski definition) is 0. The van der Waals surface area contributed by atoms with E-state index in [4.69, 9.17) is 39.5 Å². The van der Waals surface area contributed by atoms with Crippen LogP contribution in [-0.2, 0) is 0 Å². The smallest absolute Gasteiger partial charge is 0.138 e. The molecule has 0 aromatic heterocycles. The Labute approximate surface area is 117 Å². The number of benzene rings is 1. The number of methoxy groups -OCH3 is 1. The third kappa shape index (κ3) is 2.83. The molecule has 94 valence electrons. The summed E-state index contributed by atoms with van der Waals surface area (Å²) in [5, 5.41) is 1.15. The molecule has 17 heavy (non-hydrogen) atoms. The van der Waals surface area contributed by atoms with E-state index < -0.39 is 0 Å². The van der Waals surface area contributed by atoms with Gasteiger partial charge in [0.15, 0.2) is 0 Å². The number of ether oxygens (including phenoxy) is 1. The summed E-state index contributed by atoms with van der Waals surface area (Å²) in [7, 11) is 1.58. The minimum Gasteiger partial charge on any atom is -0.495 e. The average Bonchev–Trinajstić information content (AvgIpc) is 2.84. The lowest BCUT2D eigenvalue weighted by atomic mass is 9.97. The Morgan fingerprint density at radius 3 is 2.41 bits per heavy atom. The highest BCUT2D eigenvalue weighted by molar-refractivity contribution is 6.35. The van der Waals surface area contributed by atoms with Gasteiger partial charge in [-0.25, -0.2) is 0 Å². The van der Waals surface area contributed by atoms with Crippen LogP contribution in [0, 0.1) is 5.92 Å². The zero-order valence-electron chi connectivity index (χ0n) is 9.68. The molecule has 0 spiro atoms. The Hall–Kier alpha value is -0.110. The Bertz CT molecular complexity index is 400. The summed E-state index contributed by atoms with van der Waals surface area (Å²) in [6.07, 6.45) is 4.87. The highest BCUT2D eigenvalue weighted by Crippen LogP contribution is 2.44. The van der Waals surface area contributed by atoms with E-state index in [-0.39, 0.29) is 5.38 Å². The second kappa shape index (κ2) is 5.69. The SMILES string of the molecule is COc1cc(Cl)c(C(Cl)C2CCCC2)cc1Cl. The number of hydrogen-bond acceptors (Lipinski definition) is 1. The van der Waals surface area contributed by atoms with Crippen LogP contribution in [0.4, 0.5) is 0 Å². The minimum atomic E-state index is -0.0478. The lowest BCUT2D eigenvalue weighted by molar-refractivity contribution is 0.414. The molecule has 0 saturated heterocycles. The lowest BCUT2D eigenvalue weighted by Gasteiger charge is -2.19. The van der Waals surface area contributed by atoms with Crippen LogP contribution in [0.15, 0.2) is 12.1 Å². The first-order valence-corrected chi connectivity index (χ1v) is 6.99. The number of alkyl halides is 1. The van der Waals surface area contributed by atoms with E-state index in [1.165, 1.54) is 25.7 Å². The molecule has 1 aliphatic carbocycles. The van der Waals surface area contributed by atoms with E-state index in [1.807, 2.05) is 6.07 Å². The van der Waals surface area contributed by atoms with Gasteiger partial charge >= 0.3 is 0 Å². The second-order valence-electron chi connectivity index (χ2n) is 4.45. The molecule has 1 aliphatic rings. The van der Waals surface area contributed by atoms with Crippen molar-refractivity contribution in [3.8, 4) is 5.75 Å². The Morgan fingerprint density at radius 1 is 1.18 bits per heavy atom. The van der Waals surface area contributed by atoms with Gasteiger partial charge in [0, 0.05) is 11.1 Å². The maximum absolute atomic E-state index is 6.50. The van der Waals surface area contributed by atoms with Crippen molar-refractivity contribution in [1.29, 1.82) is 0 Å². The van der Waals surface area contributed by atoms with Crippen LogP contribution in [0.3, 0.4) is 0 Å². The van der Waals surface area contributed by atoms with E-state index in [0.717, 1.165) is 5.56 Å². The summed E-state index contributed by atoms with van der Waals surface area (Å²) in [6.45, 7) is 0. The van der Waals surface area contributed by atoms with Crippen LogP contribution in [0.2, 0.25) is 10.0 Å². The zero-order valence-corrected chi connectivity index (χ0v) is 11.9. The molecule has 1 saturated carbocycles. The van der Waals surface area contributed by atoms with Crippen LogP contribution in [0.25, 0.3) is 0 Å². The quantitative estimate of drug-likeness (QED) is 0.671. The van der Waals surface area contributed by atoms with Gasteiger partial charge in [0.25, 0.3) is 0 Å². The number of halogens is 3. The highest BCUT2D eigenvalue weighted by atomic mass is 35.5. The first kappa shape index (κ1) is 13.3. The molecular formula is C13H15Cl3O. The van der Waals surface area contributed by atoms with Crippen molar-refractivity contribution in [2.45, 2.75) is 31.1 Å². The van der Waals surface area contributed by atoms with Gasteiger partial charge in [-0.3, -0.25) is 0 Å². The normalized spacial score (nSPS) is 18.4. The Morgan fingerprint density at radius 2 is 1.82 bits per heavy atom. The fourth-order valence-electron chi connectivity index (χ4n) is 2.42. The van der Waals surface area contributed by atoms with Crippen molar-refractivity contribution in [2.75, 3.05) is 7.11 Å². The molecule has 4 heteroatoms. The molecule has 2 rings (SSSR count). The van der Waals surface area contributed by atoms with Crippen molar-refractivity contribution in [3.05, 3.63) is 27.7 Å². The maximum atomic E-state index is 6.50. The van der Waals surface area contributed by atoms with Gasteiger partial charge in [0.2, 0.25) is 0 Å². The molecule has 1 aromatic carbocycles. The summed E-state index contributed by atoms with van der Waals surface area (Å²) in [5.41, 5.74) is 0.922. The monoisotopic (exact) mass is 292 g/mol. The van der Waals surface area contributed by atoms with Gasteiger partial charge in [-0.1, -0.05) is 36.0 Å². The predicted octanol–water partition coefficient (Wildman–Crippen LogP) is 5.47. The van der Waals surface area contributed by atoms with Crippen LogP contribution >= 0.6 is 34.8 Å². The number of rotatable bonds is 3. The molecule has 0 aliphatic heterocycles. The fourth-order valence-corrected chi connectivity index (χ4v) is 3.42. The molecule has 0 radical (unpaired) electrons. The molecular weight excluding hydrogens is 279 g/mol.